The van der Waals surface area contributed by atoms with Gasteiger partial charge >= 0.3 is 5.97 Å². The van der Waals surface area contributed by atoms with Crippen LogP contribution in [0.3, 0.4) is 0 Å². The van der Waals surface area contributed by atoms with Gasteiger partial charge in [0, 0.05) is 20.1 Å². The number of amides is 1. The molecule has 1 aromatic carbocycles. The van der Waals surface area contributed by atoms with Gasteiger partial charge in [-0.05, 0) is 42.6 Å². The van der Waals surface area contributed by atoms with Gasteiger partial charge in [-0.3, -0.25) is 9.59 Å². The predicted molar refractivity (Wildman–Crippen MR) is 130 cm³/mol. The van der Waals surface area contributed by atoms with E-state index in [1.54, 1.807) is 7.05 Å². The number of rotatable bonds is 15. The summed E-state index contributed by atoms with van der Waals surface area (Å²) in [7, 11) is 1.67. The van der Waals surface area contributed by atoms with Gasteiger partial charge in [0.15, 0.2) is 0 Å². The van der Waals surface area contributed by atoms with Crippen LogP contribution in [0.2, 0.25) is 0 Å². The minimum absolute atomic E-state index is 0.0790. The van der Waals surface area contributed by atoms with E-state index in [2.05, 4.69) is 45.1 Å². The van der Waals surface area contributed by atoms with E-state index in [9.17, 15) is 9.59 Å². The van der Waals surface area contributed by atoms with Gasteiger partial charge in [0.2, 0.25) is 5.91 Å². The van der Waals surface area contributed by atoms with Crippen molar-refractivity contribution in [2.24, 2.45) is 17.3 Å². The molecule has 0 saturated carbocycles. The maximum atomic E-state index is 12.7. The molecule has 1 amide bonds. The first kappa shape index (κ1) is 28.2. The van der Waals surface area contributed by atoms with Crippen molar-refractivity contribution in [2.75, 3.05) is 13.7 Å². The van der Waals surface area contributed by atoms with Gasteiger partial charge in [0.1, 0.15) is 6.10 Å². The van der Waals surface area contributed by atoms with Crippen molar-refractivity contribution in [3.8, 4) is 0 Å². The molecule has 0 spiro atoms. The number of hydrogen-bond donors (Lipinski definition) is 1. The molecule has 0 unspecified atom stereocenters. The van der Waals surface area contributed by atoms with Crippen molar-refractivity contribution in [1.82, 2.24) is 5.32 Å². The molecule has 0 bridgehead atoms. The molecule has 0 radical (unpaired) electrons. The quantitative estimate of drug-likeness (QED) is 0.268. The van der Waals surface area contributed by atoms with E-state index in [-0.39, 0.29) is 29.3 Å². The molecule has 0 aliphatic rings. The second-order valence-electron chi connectivity index (χ2n) is 10.1. The van der Waals surface area contributed by atoms with Gasteiger partial charge in [-0.1, -0.05) is 77.8 Å². The zero-order chi connectivity index (χ0) is 24.0. The molecular formula is C27H45NO4. The Morgan fingerprint density at radius 3 is 2.31 bits per heavy atom. The number of hydrogen-bond acceptors (Lipinski definition) is 4. The lowest BCUT2D eigenvalue weighted by Gasteiger charge is -2.33. The summed E-state index contributed by atoms with van der Waals surface area (Å²) in [4.78, 5) is 24.1. The highest BCUT2D eigenvalue weighted by atomic mass is 16.5. The van der Waals surface area contributed by atoms with Crippen molar-refractivity contribution in [3.63, 3.8) is 0 Å². The van der Waals surface area contributed by atoms with Crippen LogP contribution in [0.25, 0.3) is 0 Å². The third kappa shape index (κ3) is 12.2. The minimum atomic E-state index is -0.123. The molecule has 5 heteroatoms. The third-order valence-electron chi connectivity index (χ3n) is 5.91. The summed E-state index contributed by atoms with van der Waals surface area (Å²) < 4.78 is 11.7. The summed E-state index contributed by atoms with van der Waals surface area (Å²) in [6.07, 6.45) is 5.75. The van der Waals surface area contributed by atoms with Crippen LogP contribution in [0.4, 0.5) is 0 Å². The molecule has 32 heavy (non-hydrogen) atoms. The molecule has 182 valence electrons. The number of ether oxygens (including phenoxy) is 2. The fourth-order valence-electron chi connectivity index (χ4n) is 3.59. The lowest BCUT2D eigenvalue weighted by molar-refractivity contribution is -0.160. The van der Waals surface area contributed by atoms with Crippen LogP contribution in [0.1, 0.15) is 85.1 Å². The van der Waals surface area contributed by atoms with Gasteiger partial charge in [0.25, 0.3) is 0 Å². The smallest absolute Gasteiger partial charge is 0.308 e. The number of nitrogens with one attached hydrogen (secondary N) is 1. The molecular weight excluding hydrogens is 402 g/mol. The van der Waals surface area contributed by atoms with Gasteiger partial charge < -0.3 is 14.8 Å². The second kappa shape index (κ2) is 15.0. The van der Waals surface area contributed by atoms with Gasteiger partial charge in [0.05, 0.1) is 12.5 Å². The van der Waals surface area contributed by atoms with Crippen molar-refractivity contribution in [1.29, 1.82) is 0 Å². The largest absolute Gasteiger partial charge is 0.462 e. The Morgan fingerprint density at radius 1 is 1.00 bits per heavy atom. The number of esters is 1. The maximum Gasteiger partial charge on any atom is 0.308 e. The Morgan fingerprint density at radius 2 is 1.69 bits per heavy atom. The summed E-state index contributed by atoms with van der Waals surface area (Å²) >= 11 is 0. The van der Waals surface area contributed by atoms with E-state index < -0.39 is 0 Å². The van der Waals surface area contributed by atoms with Crippen molar-refractivity contribution >= 4 is 11.9 Å². The van der Waals surface area contributed by atoms with Gasteiger partial charge in [-0.25, -0.2) is 0 Å². The number of carbonyl (C=O) groups is 2. The molecule has 0 saturated heterocycles. The normalized spacial score (nSPS) is 14.4. The SMILES string of the molecule is CNC(=O)CCC[C@@H](C)C[C@H](OC(=O)[C@H](C)CCCCOCc1ccccc1)C(C)(C)C. The van der Waals surface area contributed by atoms with Crippen molar-refractivity contribution in [3.05, 3.63) is 35.9 Å². The molecule has 0 heterocycles. The highest BCUT2D eigenvalue weighted by molar-refractivity contribution is 5.75. The van der Waals surface area contributed by atoms with Crippen LogP contribution in [-0.4, -0.2) is 31.6 Å². The Balaban J connectivity index is 2.33. The third-order valence-corrected chi connectivity index (χ3v) is 5.91. The van der Waals surface area contributed by atoms with Crippen LogP contribution in [0.15, 0.2) is 30.3 Å². The lowest BCUT2D eigenvalue weighted by Crippen LogP contribution is -2.35. The van der Waals surface area contributed by atoms with Crippen molar-refractivity contribution in [2.45, 2.75) is 92.3 Å². The number of unbranched alkanes of at least 4 members (excludes halogenated alkanes) is 1. The second-order valence-corrected chi connectivity index (χ2v) is 10.1. The average molecular weight is 448 g/mol. The average Bonchev–Trinajstić information content (AvgIpc) is 2.75. The van der Waals surface area contributed by atoms with Crippen LogP contribution in [0.5, 0.6) is 0 Å². The van der Waals surface area contributed by atoms with Crippen LogP contribution in [-0.2, 0) is 25.7 Å². The van der Waals surface area contributed by atoms with E-state index in [0.717, 1.165) is 38.5 Å². The fraction of sp³-hybridized carbons (Fsp3) is 0.704. The number of carbonyl (C=O) groups excluding carboxylic acids is 2. The maximum absolute atomic E-state index is 12.7. The Labute approximate surface area is 195 Å². The molecule has 5 nitrogen and oxygen atoms in total. The van der Waals surface area contributed by atoms with Crippen LogP contribution < -0.4 is 5.32 Å². The highest BCUT2D eigenvalue weighted by Crippen LogP contribution is 2.30. The molecule has 0 fully saturated rings. The van der Waals surface area contributed by atoms with E-state index >= 15 is 0 Å². The first-order chi connectivity index (χ1) is 15.1. The first-order valence-corrected chi connectivity index (χ1v) is 12.2. The molecule has 0 aliphatic carbocycles. The topological polar surface area (TPSA) is 64.6 Å². The van der Waals surface area contributed by atoms with E-state index in [4.69, 9.17) is 9.47 Å². The molecule has 0 aliphatic heterocycles. The molecule has 1 rings (SSSR count). The predicted octanol–water partition coefficient (Wildman–Crippen LogP) is 5.91. The highest BCUT2D eigenvalue weighted by Gasteiger charge is 2.31. The summed E-state index contributed by atoms with van der Waals surface area (Å²) in [5.74, 6) is 0.259. The monoisotopic (exact) mass is 447 g/mol. The van der Waals surface area contributed by atoms with Crippen LogP contribution in [0, 0.1) is 17.3 Å². The zero-order valence-electron chi connectivity index (χ0n) is 21.1. The minimum Gasteiger partial charge on any atom is -0.462 e. The zero-order valence-corrected chi connectivity index (χ0v) is 21.1. The summed E-state index contributed by atoms with van der Waals surface area (Å²) in [6.45, 7) is 11.8. The molecule has 3 atom stereocenters. The summed E-state index contributed by atoms with van der Waals surface area (Å²) in [5, 5.41) is 2.66. The van der Waals surface area contributed by atoms with Crippen LogP contribution >= 0.6 is 0 Å². The van der Waals surface area contributed by atoms with Crippen molar-refractivity contribution < 1.29 is 19.1 Å². The summed E-state index contributed by atoms with van der Waals surface area (Å²) in [5.41, 5.74) is 1.07. The molecule has 1 aromatic rings. The lowest BCUT2D eigenvalue weighted by atomic mass is 9.82. The standard InChI is InChI=1S/C27H45NO4/c1-21(13-12-17-25(29)28-6)19-24(27(3,4)5)32-26(30)22(2)14-10-11-18-31-20-23-15-8-7-9-16-23/h7-9,15-16,21-22,24H,10-14,17-20H2,1-6H3,(H,28,29)/t21-,22-,24+/m1/s1. The van der Waals surface area contributed by atoms with Gasteiger partial charge in [-0.2, -0.15) is 0 Å². The van der Waals surface area contributed by atoms with Gasteiger partial charge in [-0.15, -0.1) is 0 Å². The molecule has 0 aromatic heterocycles. The Hall–Kier alpha value is -1.88. The van der Waals surface area contributed by atoms with E-state index in [1.807, 2.05) is 25.1 Å². The Kier molecular flexibility index (Phi) is 13.2. The number of benzene rings is 1. The van der Waals surface area contributed by atoms with E-state index in [0.29, 0.717) is 25.6 Å². The fourth-order valence-corrected chi connectivity index (χ4v) is 3.59. The first-order valence-electron chi connectivity index (χ1n) is 12.2. The Bertz CT molecular complexity index is 653. The van der Waals surface area contributed by atoms with E-state index in [1.165, 1.54) is 5.56 Å². The summed E-state index contributed by atoms with van der Waals surface area (Å²) in [6, 6.07) is 10.2. The molecule has 1 N–H and O–H groups in total.